The summed E-state index contributed by atoms with van der Waals surface area (Å²) in [5.41, 5.74) is 2.92. The minimum Gasteiger partial charge on any atom is -0.343 e. The van der Waals surface area contributed by atoms with E-state index in [-0.39, 0.29) is 17.9 Å². The molecule has 3 aliphatic rings. The molecular formula is C30H36ClN5O2. The first-order valence-corrected chi connectivity index (χ1v) is 14.2. The quantitative estimate of drug-likeness (QED) is 0.594. The Morgan fingerprint density at radius 3 is 2.39 bits per heavy atom. The molecule has 2 fully saturated rings. The van der Waals surface area contributed by atoms with Gasteiger partial charge in [-0.2, -0.15) is 5.26 Å². The van der Waals surface area contributed by atoms with E-state index >= 15 is 0 Å². The summed E-state index contributed by atoms with van der Waals surface area (Å²) in [6.45, 7) is 3.12. The molecule has 2 aromatic carbocycles. The fourth-order valence-electron chi connectivity index (χ4n) is 6.18. The predicted octanol–water partition coefficient (Wildman–Crippen LogP) is 3.45. The number of hydrogen-bond acceptors (Lipinski definition) is 5. The molecule has 2 amide bonds. The van der Waals surface area contributed by atoms with Gasteiger partial charge in [0.1, 0.15) is 11.6 Å². The van der Waals surface area contributed by atoms with E-state index in [0.29, 0.717) is 50.6 Å². The average molecular weight is 534 g/mol. The number of nitrogens with one attached hydrogen (secondary N) is 2. The number of nitriles is 1. The summed E-state index contributed by atoms with van der Waals surface area (Å²) in [6, 6.07) is 17.1. The maximum atomic E-state index is 13.8. The summed E-state index contributed by atoms with van der Waals surface area (Å²) in [7, 11) is 0. The highest BCUT2D eigenvalue weighted by molar-refractivity contribution is 6.30. The van der Waals surface area contributed by atoms with Gasteiger partial charge in [0, 0.05) is 44.2 Å². The van der Waals surface area contributed by atoms with Crippen molar-refractivity contribution >= 4 is 23.4 Å². The van der Waals surface area contributed by atoms with Crippen molar-refractivity contribution in [1.82, 2.24) is 20.4 Å². The van der Waals surface area contributed by atoms with Crippen LogP contribution in [-0.4, -0.2) is 65.4 Å². The summed E-state index contributed by atoms with van der Waals surface area (Å²) < 4.78 is 0. The van der Waals surface area contributed by atoms with E-state index in [1.807, 2.05) is 41.3 Å². The number of piperazine rings is 1. The number of nitrogens with zero attached hydrogens (tertiary/aromatic N) is 3. The number of carbonyl (C=O) groups is 2. The zero-order valence-electron chi connectivity index (χ0n) is 21.8. The van der Waals surface area contributed by atoms with Crippen LogP contribution in [0.2, 0.25) is 5.02 Å². The third-order valence-electron chi connectivity index (χ3n) is 8.45. The molecule has 200 valence electrons. The molecule has 2 aliphatic heterocycles. The molecule has 2 heterocycles. The maximum absolute atomic E-state index is 13.8. The van der Waals surface area contributed by atoms with E-state index in [2.05, 4.69) is 33.7 Å². The van der Waals surface area contributed by atoms with Gasteiger partial charge in [-0.05, 0) is 48.1 Å². The van der Waals surface area contributed by atoms with Crippen molar-refractivity contribution < 1.29 is 9.59 Å². The Balaban J connectivity index is 1.27. The van der Waals surface area contributed by atoms with E-state index < -0.39 is 11.6 Å². The number of hydrogen-bond donors (Lipinski definition) is 2. The standard InChI is InChI=1S/C30H36ClN5O2/c31-25-10-8-22(9-11-25)18-27(34-28(37)26-19-23-6-2-3-7-24(23)20-33-26)29(38)35-14-16-36(17-15-35)30(21-32)12-4-1-5-13-30/h2-3,6-11,26-27,33H,1,4-5,12-20H2,(H,34,37). The van der Waals surface area contributed by atoms with Crippen LogP contribution >= 0.6 is 11.6 Å². The molecule has 0 spiro atoms. The summed E-state index contributed by atoms with van der Waals surface area (Å²) in [5.74, 6) is -0.227. The van der Waals surface area contributed by atoms with E-state index in [0.717, 1.165) is 36.8 Å². The second-order valence-electron chi connectivity index (χ2n) is 10.8. The topological polar surface area (TPSA) is 88.5 Å². The first kappa shape index (κ1) is 26.7. The number of benzene rings is 2. The van der Waals surface area contributed by atoms with Crippen molar-refractivity contribution in [3.05, 3.63) is 70.2 Å². The fourth-order valence-corrected chi connectivity index (χ4v) is 6.30. The zero-order valence-corrected chi connectivity index (χ0v) is 22.6. The van der Waals surface area contributed by atoms with Gasteiger partial charge in [0.2, 0.25) is 11.8 Å². The summed E-state index contributed by atoms with van der Waals surface area (Å²) in [6.07, 6.45) is 6.17. The van der Waals surface area contributed by atoms with Crippen molar-refractivity contribution in [3.63, 3.8) is 0 Å². The molecule has 0 radical (unpaired) electrons. The van der Waals surface area contributed by atoms with Crippen LogP contribution in [0, 0.1) is 11.3 Å². The van der Waals surface area contributed by atoms with E-state index in [1.54, 1.807) is 0 Å². The Morgan fingerprint density at radius 2 is 1.71 bits per heavy atom. The Hall–Kier alpha value is -2.92. The molecular weight excluding hydrogens is 498 g/mol. The Kier molecular flexibility index (Phi) is 8.32. The fraction of sp³-hybridized carbons (Fsp3) is 0.500. The van der Waals surface area contributed by atoms with Gasteiger partial charge in [-0.15, -0.1) is 0 Å². The van der Waals surface area contributed by atoms with Gasteiger partial charge in [0.15, 0.2) is 0 Å². The van der Waals surface area contributed by atoms with Crippen molar-refractivity contribution in [3.8, 4) is 6.07 Å². The molecule has 2 aromatic rings. The smallest absolute Gasteiger partial charge is 0.245 e. The van der Waals surface area contributed by atoms with Crippen molar-refractivity contribution in [2.75, 3.05) is 26.2 Å². The van der Waals surface area contributed by atoms with Gasteiger partial charge < -0.3 is 15.5 Å². The summed E-state index contributed by atoms with van der Waals surface area (Å²) >= 11 is 6.08. The lowest BCUT2D eigenvalue weighted by Gasteiger charge is -2.46. The van der Waals surface area contributed by atoms with Crippen LogP contribution < -0.4 is 10.6 Å². The monoisotopic (exact) mass is 533 g/mol. The first-order chi connectivity index (χ1) is 18.5. The molecule has 1 saturated carbocycles. The van der Waals surface area contributed by atoms with Crippen LogP contribution in [0.1, 0.15) is 48.8 Å². The summed E-state index contributed by atoms with van der Waals surface area (Å²) in [4.78, 5) is 31.3. The molecule has 38 heavy (non-hydrogen) atoms. The number of fused-ring (bicyclic) bond motifs is 1. The molecule has 2 unspecified atom stereocenters. The molecule has 7 nitrogen and oxygen atoms in total. The number of amides is 2. The van der Waals surface area contributed by atoms with Gasteiger partial charge in [0.25, 0.3) is 0 Å². The number of carbonyl (C=O) groups excluding carboxylic acids is 2. The lowest BCUT2D eigenvalue weighted by atomic mass is 9.81. The van der Waals surface area contributed by atoms with Crippen LogP contribution in [0.25, 0.3) is 0 Å². The minimum atomic E-state index is -0.672. The van der Waals surface area contributed by atoms with Gasteiger partial charge >= 0.3 is 0 Å². The number of rotatable bonds is 6. The molecule has 0 bridgehead atoms. The third-order valence-corrected chi connectivity index (χ3v) is 8.70. The van der Waals surface area contributed by atoms with E-state index in [4.69, 9.17) is 11.6 Å². The Bertz CT molecular complexity index is 1180. The zero-order chi connectivity index (χ0) is 26.5. The van der Waals surface area contributed by atoms with Crippen molar-refractivity contribution in [2.24, 2.45) is 0 Å². The van der Waals surface area contributed by atoms with Gasteiger partial charge in [-0.1, -0.05) is 67.3 Å². The highest BCUT2D eigenvalue weighted by Crippen LogP contribution is 2.34. The third kappa shape index (κ3) is 5.88. The second kappa shape index (κ2) is 11.9. The second-order valence-corrected chi connectivity index (χ2v) is 11.3. The first-order valence-electron chi connectivity index (χ1n) is 13.8. The van der Waals surface area contributed by atoms with Gasteiger partial charge in [-0.3, -0.25) is 14.5 Å². The normalized spacial score (nSPS) is 22.1. The molecule has 2 N–H and O–H groups in total. The largest absolute Gasteiger partial charge is 0.343 e. The molecule has 8 heteroatoms. The minimum absolute atomic E-state index is 0.0705. The van der Waals surface area contributed by atoms with Crippen molar-refractivity contribution in [1.29, 1.82) is 5.26 Å². The highest BCUT2D eigenvalue weighted by atomic mass is 35.5. The lowest BCUT2D eigenvalue weighted by Crippen LogP contribution is -2.61. The van der Waals surface area contributed by atoms with Crippen LogP contribution in [-0.2, 0) is 29.0 Å². The Morgan fingerprint density at radius 1 is 1.03 bits per heavy atom. The van der Waals surface area contributed by atoms with Gasteiger partial charge in [-0.25, -0.2) is 0 Å². The Labute approximate surface area is 230 Å². The SMILES string of the molecule is N#CC1(N2CCN(C(=O)C(Cc3ccc(Cl)cc3)NC(=O)C3Cc4ccccc4CN3)CC2)CCCCC1. The van der Waals surface area contributed by atoms with Crippen LogP contribution in [0.15, 0.2) is 48.5 Å². The average Bonchev–Trinajstić information content (AvgIpc) is 2.97. The number of halogens is 1. The maximum Gasteiger partial charge on any atom is 0.245 e. The molecule has 1 aliphatic carbocycles. The van der Waals surface area contributed by atoms with Crippen LogP contribution in [0.4, 0.5) is 0 Å². The van der Waals surface area contributed by atoms with E-state index in [1.165, 1.54) is 12.0 Å². The van der Waals surface area contributed by atoms with Crippen LogP contribution in [0.5, 0.6) is 0 Å². The molecule has 1 saturated heterocycles. The van der Waals surface area contributed by atoms with Gasteiger partial charge in [0.05, 0.1) is 12.1 Å². The molecule has 5 rings (SSSR count). The predicted molar refractivity (Wildman–Crippen MR) is 147 cm³/mol. The lowest BCUT2D eigenvalue weighted by molar-refractivity contribution is -0.139. The van der Waals surface area contributed by atoms with Crippen molar-refractivity contribution in [2.45, 2.75) is 69.1 Å². The highest BCUT2D eigenvalue weighted by Gasteiger charge is 2.41. The van der Waals surface area contributed by atoms with E-state index in [9.17, 15) is 14.9 Å². The summed E-state index contributed by atoms with van der Waals surface area (Å²) in [5, 5.41) is 17.0. The molecule has 0 aromatic heterocycles. The molecule has 2 atom stereocenters. The van der Waals surface area contributed by atoms with Crippen LogP contribution in [0.3, 0.4) is 0 Å².